The van der Waals surface area contributed by atoms with Crippen LogP contribution >= 0.6 is 23.4 Å². The summed E-state index contributed by atoms with van der Waals surface area (Å²) in [5, 5.41) is 3.51. The summed E-state index contributed by atoms with van der Waals surface area (Å²) in [4.78, 5) is 12.2. The topological polar surface area (TPSA) is 29.1 Å². The zero-order chi connectivity index (χ0) is 11.1. The molecular weight excluding hydrogens is 230 g/mol. The number of benzene rings is 1. The van der Waals surface area contributed by atoms with Crippen LogP contribution in [0.2, 0.25) is 5.02 Å². The van der Waals surface area contributed by atoms with E-state index in [-0.39, 0.29) is 5.91 Å². The second-order valence-corrected chi connectivity index (χ2v) is 4.53. The van der Waals surface area contributed by atoms with Gasteiger partial charge in [-0.3, -0.25) is 4.79 Å². The molecule has 0 radical (unpaired) electrons. The molecule has 82 valence electrons. The molecule has 0 atom stereocenters. The lowest BCUT2D eigenvalue weighted by Crippen LogP contribution is -2.22. The second kappa shape index (κ2) is 6.75. The van der Waals surface area contributed by atoms with Crippen LogP contribution < -0.4 is 5.32 Å². The number of amides is 1. The quantitative estimate of drug-likeness (QED) is 0.806. The largest absolute Gasteiger partial charge is 0.356 e. The molecule has 0 saturated heterocycles. The minimum atomic E-state index is 0.0945. The first-order valence-corrected chi connectivity index (χ1v) is 6.24. The third kappa shape index (κ3) is 4.58. The van der Waals surface area contributed by atoms with Crippen LogP contribution in [0, 0.1) is 0 Å². The van der Waals surface area contributed by atoms with Gasteiger partial charge < -0.3 is 5.32 Å². The molecule has 0 unspecified atom stereocenters. The summed E-state index contributed by atoms with van der Waals surface area (Å²) in [5.74, 6) is 0.854. The normalized spacial score (nSPS) is 10.0. The minimum absolute atomic E-state index is 0.0945. The molecule has 1 aromatic rings. The van der Waals surface area contributed by atoms with Gasteiger partial charge in [-0.25, -0.2) is 0 Å². The molecule has 0 aliphatic rings. The van der Waals surface area contributed by atoms with E-state index in [2.05, 4.69) is 5.32 Å². The SMILES string of the molecule is CCNC(=O)CCSc1ccccc1Cl. The Morgan fingerprint density at radius 2 is 2.20 bits per heavy atom. The molecule has 1 aromatic carbocycles. The summed E-state index contributed by atoms with van der Waals surface area (Å²) < 4.78 is 0. The van der Waals surface area contributed by atoms with Crippen LogP contribution in [-0.4, -0.2) is 18.2 Å². The fraction of sp³-hybridized carbons (Fsp3) is 0.364. The maximum Gasteiger partial charge on any atom is 0.220 e. The van der Waals surface area contributed by atoms with Crippen molar-refractivity contribution in [1.82, 2.24) is 5.32 Å². The number of hydrogen-bond donors (Lipinski definition) is 1. The maximum absolute atomic E-state index is 11.2. The smallest absolute Gasteiger partial charge is 0.220 e. The first-order valence-electron chi connectivity index (χ1n) is 4.88. The molecule has 0 saturated carbocycles. The number of nitrogens with one attached hydrogen (secondary N) is 1. The number of hydrogen-bond acceptors (Lipinski definition) is 2. The lowest BCUT2D eigenvalue weighted by Gasteiger charge is -2.03. The van der Waals surface area contributed by atoms with Crippen molar-refractivity contribution in [1.29, 1.82) is 0 Å². The Morgan fingerprint density at radius 1 is 1.47 bits per heavy atom. The van der Waals surface area contributed by atoms with E-state index in [1.54, 1.807) is 11.8 Å². The summed E-state index contributed by atoms with van der Waals surface area (Å²) in [6.45, 7) is 2.61. The lowest BCUT2D eigenvalue weighted by atomic mass is 10.4. The van der Waals surface area contributed by atoms with E-state index in [0.717, 1.165) is 15.7 Å². The highest BCUT2D eigenvalue weighted by molar-refractivity contribution is 7.99. The van der Waals surface area contributed by atoms with E-state index < -0.39 is 0 Å². The summed E-state index contributed by atoms with van der Waals surface area (Å²) in [7, 11) is 0. The van der Waals surface area contributed by atoms with E-state index in [1.165, 1.54) is 0 Å². The summed E-state index contributed by atoms with van der Waals surface area (Å²) in [5.41, 5.74) is 0. The number of rotatable bonds is 5. The Hall–Kier alpha value is -0.670. The van der Waals surface area contributed by atoms with Crippen molar-refractivity contribution >= 4 is 29.3 Å². The van der Waals surface area contributed by atoms with Crippen molar-refractivity contribution in [2.45, 2.75) is 18.2 Å². The molecule has 0 aliphatic heterocycles. The van der Waals surface area contributed by atoms with Crippen molar-refractivity contribution in [3.05, 3.63) is 29.3 Å². The second-order valence-electron chi connectivity index (χ2n) is 2.98. The third-order valence-corrected chi connectivity index (χ3v) is 3.31. The number of halogens is 1. The van der Waals surface area contributed by atoms with Crippen LogP contribution in [-0.2, 0) is 4.79 Å². The van der Waals surface area contributed by atoms with Gasteiger partial charge in [0, 0.05) is 23.6 Å². The van der Waals surface area contributed by atoms with Gasteiger partial charge >= 0.3 is 0 Å². The monoisotopic (exact) mass is 243 g/mol. The van der Waals surface area contributed by atoms with Crippen molar-refractivity contribution in [3.8, 4) is 0 Å². The lowest BCUT2D eigenvalue weighted by molar-refractivity contribution is -0.120. The van der Waals surface area contributed by atoms with E-state index in [4.69, 9.17) is 11.6 Å². The molecule has 0 aliphatic carbocycles. The molecule has 4 heteroatoms. The average molecular weight is 244 g/mol. The molecule has 0 bridgehead atoms. The van der Waals surface area contributed by atoms with Crippen LogP contribution in [0.25, 0.3) is 0 Å². The molecule has 2 nitrogen and oxygen atoms in total. The molecule has 1 rings (SSSR count). The summed E-state index contributed by atoms with van der Waals surface area (Å²) in [6.07, 6.45) is 0.531. The Balaban J connectivity index is 2.32. The number of thioether (sulfide) groups is 1. The number of carbonyl (C=O) groups excluding carboxylic acids is 1. The Kier molecular flexibility index (Phi) is 5.58. The van der Waals surface area contributed by atoms with Crippen LogP contribution in [0.4, 0.5) is 0 Å². The number of carbonyl (C=O) groups is 1. The van der Waals surface area contributed by atoms with Gasteiger partial charge in [-0.05, 0) is 19.1 Å². The molecule has 1 N–H and O–H groups in total. The minimum Gasteiger partial charge on any atom is -0.356 e. The zero-order valence-electron chi connectivity index (χ0n) is 8.63. The Morgan fingerprint density at radius 3 is 2.87 bits per heavy atom. The van der Waals surface area contributed by atoms with Gasteiger partial charge in [0.25, 0.3) is 0 Å². The summed E-state index contributed by atoms with van der Waals surface area (Å²) >= 11 is 7.59. The van der Waals surface area contributed by atoms with Crippen LogP contribution in [0.1, 0.15) is 13.3 Å². The highest BCUT2D eigenvalue weighted by atomic mass is 35.5. The molecule has 15 heavy (non-hydrogen) atoms. The molecule has 0 heterocycles. The van der Waals surface area contributed by atoms with Gasteiger partial charge in [-0.15, -0.1) is 11.8 Å². The van der Waals surface area contributed by atoms with E-state index >= 15 is 0 Å². The van der Waals surface area contributed by atoms with Crippen LogP contribution in [0.3, 0.4) is 0 Å². The highest BCUT2D eigenvalue weighted by Crippen LogP contribution is 2.26. The molecule has 0 spiro atoms. The Bertz CT molecular complexity index is 330. The first-order chi connectivity index (χ1) is 7.24. The van der Waals surface area contributed by atoms with E-state index in [0.29, 0.717) is 13.0 Å². The molecule has 0 aromatic heterocycles. The Labute approximate surface area is 99.4 Å². The van der Waals surface area contributed by atoms with E-state index in [1.807, 2.05) is 31.2 Å². The molecular formula is C11H14ClNOS. The van der Waals surface area contributed by atoms with Crippen molar-refractivity contribution in [3.63, 3.8) is 0 Å². The van der Waals surface area contributed by atoms with Gasteiger partial charge in [-0.2, -0.15) is 0 Å². The first kappa shape index (κ1) is 12.4. The maximum atomic E-state index is 11.2. The predicted molar refractivity (Wildman–Crippen MR) is 65.5 cm³/mol. The summed E-state index contributed by atoms with van der Waals surface area (Å²) in [6, 6.07) is 7.66. The third-order valence-electron chi connectivity index (χ3n) is 1.80. The van der Waals surface area contributed by atoms with Gasteiger partial charge in [0.2, 0.25) is 5.91 Å². The van der Waals surface area contributed by atoms with Gasteiger partial charge in [0.05, 0.1) is 5.02 Å². The fourth-order valence-corrected chi connectivity index (χ4v) is 2.29. The average Bonchev–Trinajstić information content (AvgIpc) is 2.21. The molecule has 0 fully saturated rings. The van der Waals surface area contributed by atoms with E-state index in [9.17, 15) is 4.79 Å². The zero-order valence-corrected chi connectivity index (χ0v) is 10.2. The standard InChI is InChI=1S/C11H14ClNOS/c1-2-13-11(14)7-8-15-10-6-4-3-5-9(10)12/h3-6H,2,7-8H2,1H3,(H,13,14). The van der Waals surface area contributed by atoms with Crippen molar-refractivity contribution in [2.24, 2.45) is 0 Å². The molecule has 1 amide bonds. The highest BCUT2D eigenvalue weighted by Gasteiger charge is 2.02. The van der Waals surface area contributed by atoms with Gasteiger partial charge in [0.1, 0.15) is 0 Å². The van der Waals surface area contributed by atoms with Gasteiger partial charge in [0.15, 0.2) is 0 Å². The van der Waals surface area contributed by atoms with Crippen LogP contribution in [0.15, 0.2) is 29.2 Å². The van der Waals surface area contributed by atoms with Crippen LogP contribution in [0.5, 0.6) is 0 Å². The van der Waals surface area contributed by atoms with Crippen molar-refractivity contribution in [2.75, 3.05) is 12.3 Å². The fourth-order valence-electron chi connectivity index (χ4n) is 1.10. The predicted octanol–water partition coefficient (Wildman–Crippen LogP) is 2.96. The van der Waals surface area contributed by atoms with Crippen molar-refractivity contribution < 1.29 is 4.79 Å². The van der Waals surface area contributed by atoms with Gasteiger partial charge in [-0.1, -0.05) is 23.7 Å².